The molecular weight excluding hydrogens is 323 g/mol. The zero-order valence-electron chi connectivity index (χ0n) is 12.4. The van der Waals surface area contributed by atoms with Crippen LogP contribution in [0.4, 0.5) is 13.2 Å². The van der Waals surface area contributed by atoms with Gasteiger partial charge in [0, 0.05) is 12.6 Å². The molecule has 24 heavy (non-hydrogen) atoms. The third kappa shape index (κ3) is 4.55. The van der Waals surface area contributed by atoms with E-state index in [2.05, 4.69) is 10.3 Å². The summed E-state index contributed by atoms with van der Waals surface area (Å²) in [5.41, 5.74) is 4.71. The summed E-state index contributed by atoms with van der Waals surface area (Å²) < 4.78 is 38.2. The Morgan fingerprint density at radius 2 is 1.92 bits per heavy atom. The second kappa shape index (κ2) is 7.12. The first kappa shape index (κ1) is 17.5. The summed E-state index contributed by atoms with van der Waals surface area (Å²) >= 11 is 0. The lowest BCUT2D eigenvalue weighted by molar-refractivity contribution is -0.137. The van der Waals surface area contributed by atoms with Gasteiger partial charge in [-0.05, 0) is 23.8 Å². The average Bonchev–Trinajstić information content (AvgIpc) is 2.54. The third-order valence-corrected chi connectivity index (χ3v) is 3.24. The topological polar surface area (TPSA) is 85.1 Å². The predicted octanol–water partition coefficient (Wildman–Crippen LogP) is 1.93. The van der Waals surface area contributed by atoms with Gasteiger partial charge in [-0.1, -0.05) is 24.3 Å². The Morgan fingerprint density at radius 1 is 1.17 bits per heavy atom. The van der Waals surface area contributed by atoms with Crippen molar-refractivity contribution in [1.29, 1.82) is 0 Å². The lowest BCUT2D eigenvalue weighted by atomic mass is 10.0. The van der Waals surface area contributed by atoms with Crippen molar-refractivity contribution in [3.63, 3.8) is 0 Å². The van der Waals surface area contributed by atoms with Gasteiger partial charge in [-0.3, -0.25) is 14.6 Å². The van der Waals surface area contributed by atoms with Gasteiger partial charge in [-0.25, -0.2) is 0 Å². The van der Waals surface area contributed by atoms with Crippen LogP contribution in [0.15, 0.2) is 48.7 Å². The van der Waals surface area contributed by atoms with E-state index in [4.69, 9.17) is 5.73 Å². The summed E-state index contributed by atoms with van der Waals surface area (Å²) in [4.78, 5) is 27.4. The molecule has 1 heterocycles. The fourth-order valence-electron chi connectivity index (χ4n) is 2.06. The minimum atomic E-state index is -4.49. The molecule has 1 atom stereocenters. The summed E-state index contributed by atoms with van der Waals surface area (Å²) in [6, 6.07) is 8.01. The number of nitrogens with two attached hydrogens (primary N) is 1. The van der Waals surface area contributed by atoms with Gasteiger partial charge < -0.3 is 11.1 Å². The van der Waals surface area contributed by atoms with Crippen LogP contribution in [0.25, 0.3) is 0 Å². The zero-order chi connectivity index (χ0) is 17.7. The Bertz CT molecular complexity index is 733. The van der Waals surface area contributed by atoms with Gasteiger partial charge in [-0.15, -0.1) is 0 Å². The van der Waals surface area contributed by atoms with Crippen molar-refractivity contribution in [3.05, 3.63) is 65.5 Å². The number of hydrogen-bond donors (Lipinski definition) is 2. The highest BCUT2D eigenvalue weighted by molar-refractivity contribution is 5.95. The van der Waals surface area contributed by atoms with E-state index in [0.717, 1.165) is 12.1 Å². The molecule has 0 aliphatic heterocycles. The first-order chi connectivity index (χ1) is 11.3. The number of nitrogens with zero attached hydrogens (tertiary/aromatic N) is 1. The number of rotatable bonds is 5. The van der Waals surface area contributed by atoms with Gasteiger partial charge in [0.2, 0.25) is 5.91 Å². The minimum Gasteiger partial charge on any atom is -0.368 e. The van der Waals surface area contributed by atoms with Gasteiger partial charge >= 0.3 is 6.18 Å². The molecule has 2 rings (SSSR count). The smallest absolute Gasteiger partial charge is 0.368 e. The van der Waals surface area contributed by atoms with Crippen molar-refractivity contribution >= 4 is 11.8 Å². The van der Waals surface area contributed by atoms with E-state index >= 15 is 0 Å². The van der Waals surface area contributed by atoms with E-state index in [-0.39, 0.29) is 17.7 Å². The highest BCUT2D eigenvalue weighted by Gasteiger charge is 2.30. The molecule has 2 amide bonds. The highest BCUT2D eigenvalue weighted by atomic mass is 19.4. The second-order valence-corrected chi connectivity index (χ2v) is 5.05. The molecule has 0 radical (unpaired) electrons. The van der Waals surface area contributed by atoms with Crippen molar-refractivity contribution in [2.24, 2.45) is 5.73 Å². The number of aromatic nitrogens is 1. The fraction of sp³-hybridized carbons (Fsp3) is 0.188. The van der Waals surface area contributed by atoms with Crippen LogP contribution < -0.4 is 11.1 Å². The van der Waals surface area contributed by atoms with E-state index in [9.17, 15) is 22.8 Å². The fourth-order valence-corrected chi connectivity index (χ4v) is 2.06. The Balaban J connectivity index is 2.15. The number of nitrogens with one attached hydrogen (secondary N) is 1. The van der Waals surface area contributed by atoms with Crippen LogP contribution in [0.1, 0.15) is 21.6 Å². The molecule has 3 N–H and O–H groups in total. The van der Waals surface area contributed by atoms with E-state index in [1.54, 1.807) is 12.1 Å². The molecule has 1 aromatic carbocycles. The molecule has 8 heteroatoms. The van der Waals surface area contributed by atoms with Gasteiger partial charge in [-0.2, -0.15) is 13.2 Å². The Labute approximate surface area is 135 Å². The lowest BCUT2D eigenvalue weighted by Gasteiger charge is -2.16. The molecule has 0 saturated heterocycles. The highest BCUT2D eigenvalue weighted by Crippen LogP contribution is 2.29. The zero-order valence-corrected chi connectivity index (χ0v) is 12.4. The van der Waals surface area contributed by atoms with Crippen LogP contribution in [0.3, 0.4) is 0 Å². The summed E-state index contributed by atoms with van der Waals surface area (Å²) in [5, 5.41) is 2.38. The van der Waals surface area contributed by atoms with Crippen LogP contribution in [-0.2, 0) is 17.4 Å². The van der Waals surface area contributed by atoms with Crippen LogP contribution in [0.2, 0.25) is 0 Å². The average molecular weight is 337 g/mol. The van der Waals surface area contributed by atoms with E-state index < -0.39 is 29.6 Å². The number of hydrogen-bond acceptors (Lipinski definition) is 3. The molecule has 1 aromatic heterocycles. The first-order valence-electron chi connectivity index (χ1n) is 6.94. The van der Waals surface area contributed by atoms with Crippen molar-refractivity contribution in [2.45, 2.75) is 18.6 Å². The number of halogens is 3. The monoisotopic (exact) mass is 337 g/mol. The molecule has 0 unspecified atom stereocenters. The SMILES string of the molecule is NC(=O)[C@H](Cc1cccc(C(F)(F)F)c1)NC(=O)c1ccccn1. The van der Waals surface area contributed by atoms with Gasteiger partial charge in [0.15, 0.2) is 0 Å². The maximum absolute atomic E-state index is 12.7. The normalized spacial score (nSPS) is 12.5. The van der Waals surface area contributed by atoms with Crippen molar-refractivity contribution in [3.8, 4) is 0 Å². The van der Waals surface area contributed by atoms with Crippen molar-refractivity contribution < 1.29 is 22.8 Å². The van der Waals surface area contributed by atoms with E-state index in [0.29, 0.717) is 0 Å². The Morgan fingerprint density at radius 3 is 2.50 bits per heavy atom. The standard InChI is InChI=1S/C16H14F3N3O2/c17-16(18,19)11-5-3-4-10(8-11)9-13(14(20)23)22-15(24)12-6-1-2-7-21-12/h1-8,13H,9H2,(H2,20,23)(H,22,24)/t13-/m0/s1. The summed E-state index contributed by atoms with van der Waals surface area (Å²) in [6.45, 7) is 0. The quantitative estimate of drug-likeness (QED) is 0.874. The first-order valence-corrected chi connectivity index (χ1v) is 6.94. The summed E-state index contributed by atoms with van der Waals surface area (Å²) in [6.07, 6.45) is -3.24. The lowest BCUT2D eigenvalue weighted by Crippen LogP contribution is -2.46. The number of alkyl halides is 3. The molecule has 0 aliphatic carbocycles. The van der Waals surface area contributed by atoms with Gasteiger partial charge in [0.25, 0.3) is 5.91 Å². The van der Waals surface area contributed by atoms with Gasteiger partial charge in [0.05, 0.1) is 5.56 Å². The van der Waals surface area contributed by atoms with Crippen LogP contribution >= 0.6 is 0 Å². The third-order valence-electron chi connectivity index (χ3n) is 3.24. The number of pyridine rings is 1. The van der Waals surface area contributed by atoms with E-state index in [1.165, 1.54) is 24.4 Å². The number of benzene rings is 1. The number of amides is 2. The predicted molar refractivity (Wildman–Crippen MR) is 79.8 cm³/mol. The van der Waals surface area contributed by atoms with Crippen LogP contribution in [0, 0.1) is 0 Å². The molecule has 0 spiro atoms. The number of carbonyl (C=O) groups excluding carboxylic acids is 2. The molecule has 0 aliphatic rings. The van der Waals surface area contributed by atoms with Crippen LogP contribution in [-0.4, -0.2) is 22.8 Å². The van der Waals surface area contributed by atoms with Crippen molar-refractivity contribution in [1.82, 2.24) is 10.3 Å². The molecule has 0 bridgehead atoms. The molecule has 126 valence electrons. The largest absolute Gasteiger partial charge is 0.416 e. The summed E-state index contributed by atoms with van der Waals surface area (Å²) in [5.74, 6) is -1.48. The Hall–Kier alpha value is -2.90. The maximum atomic E-state index is 12.7. The molecule has 0 saturated carbocycles. The van der Waals surface area contributed by atoms with E-state index in [1.807, 2.05) is 0 Å². The molecule has 2 aromatic rings. The maximum Gasteiger partial charge on any atom is 0.416 e. The number of carbonyl (C=O) groups is 2. The van der Waals surface area contributed by atoms with Gasteiger partial charge in [0.1, 0.15) is 11.7 Å². The second-order valence-electron chi connectivity index (χ2n) is 5.05. The molecule has 0 fully saturated rings. The molecule has 5 nitrogen and oxygen atoms in total. The Kier molecular flexibility index (Phi) is 5.18. The summed E-state index contributed by atoms with van der Waals surface area (Å²) in [7, 11) is 0. The van der Waals surface area contributed by atoms with Crippen LogP contribution in [0.5, 0.6) is 0 Å². The van der Waals surface area contributed by atoms with Crippen molar-refractivity contribution in [2.75, 3.05) is 0 Å². The molecular formula is C16H14F3N3O2. The number of primary amides is 1. The minimum absolute atomic E-state index is 0.0767.